The Morgan fingerprint density at radius 3 is 3.09 bits per heavy atom. The standard InChI is InChI=1S/C14H18N4O3S/c1-9(13-17-11(18-21-13)6-8-20-2)16-12(19)10-5-4-7-15-14(10)22-3/h4-5,7,9H,6,8H2,1-3H3,(H,16,19)/t9-/m1/s1. The van der Waals surface area contributed by atoms with E-state index in [0.717, 1.165) is 0 Å². The summed E-state index contributed by atoms with van der Waals surface area (Å²) in [5.41, 5.74) is 0.529. The van der Waals surface area contributed by atoms with Gasteiger partial charge in [-0.2, -0.15) is 4.98 Å². The second kappa shape index (κ2) is 7.90. The maximum absolute atomic E-state index is 12.3. The van der Waals surface area contributed by atoms with Crippen LogP contribution in [-0.2, 0) is 11.2 Å². The number of thioether (sulfide) groups is 1. The van der Waals surface area contributed by atoms with Crippen LogP contribution >= 0.6 is 11.8 Å². The van der Waals surface area contributed by atoms with E-state index in [1.165, 1.54) is 11.8 Å². The van der Waals surface area contributed by atoms with E-state index in [1.807, 2.05) is 6.26 Å². The Balaban J connectivity index is 2.03. The minimum atomic E-state index is -0.383. The van der Waals surface area contributed by atoms with Crippen LogP contribution in [0.15, 0.2) is 27.9 Å². The Kier molecular flexibility index (Phi) is 5.91. The Labute approximate surface area is 132 Å². The van der Waals surface area contributed by atoms with E-state index in [0.29, 0.717) is 35.3 Å². The molecule has 0 spiro atoms. The quantitative estimate of drug-likeness (QED) is 0.778. The molecule has 0 aliphatic heterocycles. The Hall–Kier alpha value is -1.93. The van der Waals surface area contributed by atoms with Crippen LogP contribution in [0.5, 0.6) is 0 Å². The lowest BCUT2D eigenvalue weighted by atomic mass is 10.2. The number of carbonyl (C=O) groups excluding carboxylic acids is 1. The zero-order valence-corrected chi connectivity index (χ0v) is 13.5. The molecule has 7 nitrogen and oxygen atoms in total. The number of carbonyl (C=O) groups is 1. The molecule has 0 radical (unpaired) electrons. The van der Waals surface area contributed by atoms with Gasteiger partial charge in [0, 0.05) is 19.7 Å². The number of hydrogen-bond donors (Lipinski definition) is 1. The van der Waals surface area contributed by atoms with Crippen molar-refractivity contribution in [3.8, 4) is 0 Å². The molecule has 0 saturated carbocycles. The summed E-state index contributed by atoms with van der Waals surface area (Å²) in [6.45, 7) is 2.31. The summed E-state index contributed by atoms with van der Waals surface area (Å²) in [6, 6.07) is 3.08. The van der Waals surface area contributed by atoms with Crippen LogP contribution in [-0.4, -0.2) is 41.0 Å². The fraction of sp³-hybridized carbons (Fsp3) is 0.429. The lowest BCUT2D eigenvalue weighted by molar-refractivity contribution is 0.0929. The van der Waals surface area contributed by atoms with Gasteiger partial charge in [0.25, 0.3) is 5.91 Å². The molecule has 0 aliphatic carbocycles. The van der Waals surface area contributed by atoms with Gasteiger partial charge in [-0.1, -0.05) is 5.16 Å². The molecule has 118 valence electrons. The molecule has 1 atom stereocenters. The van der Waals surface area contributed by atoms with E-state index in [2.05, 4.69) is 20.4 Å². The lowest BCUT2D eigenvalue weighted by Crippen LogP contribution is -2.27. The normalized spacial score (nSPS) is 12.1. The van der Waals surface area contributed by atoms with Gasteiger partial charge < -0.3 is 14.6 Å². The molecule has 2 rings (SSSR count). The van der Waals surface area contributed by atoms with Crippen LogP contribution in [0.1, 0.15) is 35.0 Å². The van der Waals surface area contributed by atoms with E-state index < -0.39 is 0 Å². The maximum Gasteiger partial charge on any atom is 0.254 e. The molecule has 2 aromatic rings. The second-order valence-corrected chi connectivity index (χ2v) is 5.34. The van der Waals surface area contributed by atoms with Gasteiger partial charge in [0.1, 0.15) is 11.1 Å². The summed E-state index contributed by atoms with van der Waals surface area (Å²) in [5.74, 6) is 0.708. The monoisotopic (exact) mass is 322 g/mol. The topological polar surface area (TPSA) is 90.1 Å². The van der Waals surface area contributed by atoms with Crippen molar-refractivity contribution in [3.63, 3.8) is 0 Å². The van der Waals surface area contributed by atoms with Gasteiger partial charge in [0.05, 0.1) is 12.2 Å². The van der Waals surface area contributed by atoms with E-state index in [4.69, 9.17) is 9.26 Å². The third-order valence-corrected chi connectivity index (χ3v) is 3.65. The van der Waals surface area contributed by atoms with Crippen LogP contribution in [0.2, 0.25) is 0 Å². The number of methoxy groups -OCH3 is 1. The van der Waals surface area contributed by atoms with Crippen molar-refractivity contribution in [2.24, 2.45) is 0 Å². The molecule has 0 aromatic carbocycles. The van der Waals surface area contributed by atoms with Crippen molar-refractivity contribution in [2.45, 2.75) is 24.4 Å². The fourth-order valence-corrected chi connectivity index (χ4v) is 2.35. The first-order chi connectivity index (χ1) is 10.7. The summed E-state index contributed by atoms with van der Waals surface area (Å²) in [5, 5.41) is 7.37. The lowest BCUT2D eigenvalue weighted by Gasteiger charge is -2.11. The van der Waals surface area contributed by atoms with Crippen molar-refractivity contribution in [1.82, 2.24) is 20.4 Å². The molecule has 0 saturated heterocycles. The number of aromatic nitrogens is 3. The number of pyridine rings is 1. The third kappa shape index (κ3) is 4.05. The van der Waals surface area contributed by atoms with Gasteiger partial charge in [0.15, 0.2) is 5.82 Å². The smallest absolute Gasteiger partial charge is 0.254 e. The number of amides is 1. The minimum absolute atomic E-state index is 0.221. The molecule has 0 fully saturated rings. The highest BCUT2D eigenvalue weighted by Crippen LogP contribution is 2.18. The average molecular weight is 322 g/mol. The van der Waals surface area contributed by atoms with Gasteiger partial charge >= 0.3 is 0 Å². The molecule has 1 N–H and O–H groups in total. The highest BCUT2D eigenvalue weighted by atomic mass is 32.2. The molecule has 22 heavy (non-hydrogen) atoms. The van der Waals surface area contributed by atoms with Crippen LogP contribution in [0.4, 0.5) is 0 Å². The fourth-order valence-electron chi connectivity index (χ4n) is 1.80. The number of nitrogens with zero attached hydrogens (tertiary/aromatic N) is 3. The van der Waals surface area contributed by atoms with Crippen LogP contribution < -0.4 is 5.32 Å². The molecular weight excluding hydrogens is 304 g/mol. The average Bonchev–Trinajstić information content (AvgIpc) is 3.01. The zero-order chi connectivity index (χ0) is 15.9. The Morgan fingerprint density at radius 1 is 1.55 bits per heavy atom. The molecule has 8 heteroatoms. The Morgan fingerprint density at radius 2 is 2.36 bits per heavy atom. The number of ether oxygens (including phenoxy) is 1. The highest BCUT2D eigenvalue weighted by Gasteiger charge is 2.19. The van der Waals surface area contributed by atoms with Crippen molar-refractivity contribution in [1.29, 1.82) is 0 Å². The molecule has 2 aromatic heterocycles. The van der Waals surface area contributed by atoms with Gasteiger partial charge in [-0.3, -0.25) is 4.79 Å². The van der Waals surface area contributed by atoms with E-state index in [1.54, 1.807) is 32.4 Å². The molecule has 0 unspecified atom stereocenters. The van der Waals surface area contributed by atoms with Gasteiger partial charge in [-0.15, -0.1) is 11.8 Å². The number of nitrogens with one attached hydrogen (secondary N) is 1. The third-order valence-electron chi connectivity index (χ3n) is 2.94. The number of rotatable bonds is 7. The molecular formula is C14H18N4O3S. The van der Waals surface area contributed by atoms with E-state index in [9.17, 15) is 4.79 Å². The summed E-state index contributed by atoms with van der Waals surface area (Å²) < 4.78 is 10.1. The van der Waals surface area contributed by atoms with Crippen molar-refractivity contribution >= 4 is 17.7 Å². The summed E-state index contributed by atoms with van der Waals surface area (Å²) in [6.07, 6.45) is 4.11. The largest absolute Gasteiger partial charge is 0.384 e. The predicted molar refractivity (Wildman–Crippen MR) is 81.8 cm³/mol. The number of hydrogen-bond acceptors (Lipinski definition) is 7. The zero-order valence-electron chi connectivity index (χ0n) is 12.7. The van der Waals surface area contributed by atoms with E-state index in [-0.39, 0.29) is 11.9 Å². The first-order valence-electron chi connectivity index (χ1n) is 6.77. The minimum Gasteiger partial charge on any atom is -0.384 e. The maximum atomic E-state index is 12.3. The van der Waals surface area contributed by atoms with Gasteiger partial charge in [-0.25, -0.2) is 4.98 Å². The Bertz CT molecular complexity index is 632. The van der Waals surface area contributed by atoms with Crippen LogP contribution in [0.3, 0.4) is 0 Å². The summed E-state index contributed by atoms with van der Waals surface area (Å²) >= 11 is 1.42. The van der Waals surface area contributed by atoms with E-state index >= 15 is 0 Å². The van der Waals surface area contributed by atoms with Gasteiger partial charge in [0.2, 0.25) is 5.89 Å². The highest BCUT2D eigenvalue weighted by molar-refractivity contribution is 7.98. The summed E-state index contributed by atoms with van der Waals surface area (Å²) in [4.78, 5) is 20.7. The first-order valence-corrected chi connectivity index (χ1v) is 7.99. The SMILES string of the molecule is COCCc1noc([C@@H](C)NC(=O)c2cccnc2SC)n1. The second-order valence-electron chi connectivity index (χ2n) is 4.55. The molecule has 0 bridgehead atoms. The first kappa shape index (κ1) is 16.4. The molecule has 2 heterocycles. The summed E-state index contributed by atoms with van der Waals surface area (Å²) in [7, 11) is 1.61. The van der Waals surface area contributed by atoms with Crippen molar-refractivity contribution < 1.29 is 14.1 Å². The van der Waals surface area contributed by atoms with Crippen LogP contribution in [0.25, 0.3) is 0 Å². The van der Waals surface area contributed by atoms with Crippen LogP contribution in [0, 0.1) is 0 Å². The van der Waals surface area contributed by atoms with Gasteiger partial charge in [-0.05, 0) is 25.3 Å². The van der Waals surface area contributed by atoms with Crippen molar-refractivity contribution in [2.75, 3.05) is 20.0 Å². The van der Waals surface area contributed by atoms with Crippen molar-refractivity contribution in [3.05, 3.63) is 35.6 Å². The molecule has 0 aliphatic rings. The molecule has 1 amide bonds. The predicted octanol–water partition coefficient (Wildman–Crippen LogP) is 1.87.